The van der Waals surface area contributed by atoms with Crippen molar-refractivity contribution >= 4 is 21.9 Å². The Morgan fingerprint density at radius 2 is 1.86 bits per heavy atom. The second kappa shape index (κ2) is 12.0. The van der Waals surface area contributed by atoms with Gasteiger partial charge in [0.15, 0.2) is 17.7 Å². The zero-order chi connectivity index (χ0) is 27.3. The Balaban J connectivity index is 2.01. The molecule has 0 aromatic heterocycles. The average Bonchev–Trinajstić information content (AvgIpc) is 2.87. The van der Waals surface area contributed by atoms with Crippen molar-refractivity contribution in [2.75, 3.05) is 47.4 Å². The summed E-state index contributed by atoms with van der Waals surface area (Å²) < 4.78 is 66.5. The van der Waals surface area contributed by atoms with E-state index in [1.54, 1.807) is 0 Å². The Morgan fingerprint density at radius 1 is 1.14 bits per heavy atom. The standard InChI is InChI=1S/C25H31F2N3O6S/c1-5-10-29(2)12-9-28-37(33,34)22-15-18-16(14-21(22)35-3)8-11-30(23(18)25(32)36-4)24(31)17-6-7-19(26)20(27)13-17/h6-7,13-15,23,28H,5,8-12H2,1-4H3. The van der Waals surface area contributed by atoms with Gasteiger partial charge in [0.2, 0.25) is 10.0 Å². The number of hydrogen-bond donors (Lipinski definition) is 1. The molecule has 1 unspecified atom stereocenters. The number of esters is 1. The maximum atomic E-state index is 13.8. The van der Waals surface area contributed by atoms with Crippen LogP contribution in [0.1, 0.15) is 40.9 Å². The minimum absolute atomic E-state index is 0.0574. The van der Waals surface area contributed by atoms with Crippen LogP contribution in [0.2, 0.25) is 0 Å². The topological polar surface area (TPSA) is 105 Å². The molecular weight excluding hydrogens is 508 g/mol. The number of fused-ring (bicyclic) bond motifs is 1. The summed E-state index contributed by atoms with van der Waals surface area (Å²) in [5, 5.41) is 0. The van der Waals surface area contributed by atoms with E-state index in [0.29, 0.717) is 12.1 Å². The minimum Gasteiger partial charge on any atom is -0.495 e. The number of halogens is 2. The second-order valence-electron chi connectivity index (χ2n) is 8.71. The summed E-state index contributed by atoms with van der Waals surface area (Å²) in [6, 6.07) is 4.23. The molecule has 202 valence electrons. The highest BCUT2D eigenvalue weighted by Gasteiger charge is 2.39. The van der Waals surface area contributed by atoms with Crippen molar-refractivity contribution in [2.24, 2.45) is 0 Å². The number of hydrogen-bond acceptors (Lipinski definition) is 7. The molecule has 0 radical (unpaired) electrons. The summed E-state index contributed by atoms with van der Waals surface area (Å²) in [4.78, 5) is 29.1. The second-order valence-corrected chi connectivity index (χ2v) is 10.4. The Bertz CT molecular complexity index is 1270. The van der Waals surface area contributed by atoms with Crippen LogP contribution in [0.5, 0.6) is 5.75 Å². The first-order valence-corrected chi connectivity index (χ1v) is 13.2. The highest BCUT2D eigenvalue weighted by atomic mass is 32.2. The Kier molecular flexibility index (Phi) is 9.21. The number of amides is 1. The molecule has 1 N–H and O–H groups in total. The third-order valence-corrected chi connectivity index (χ3v) is 7.67. The van der Waals surface area contributed by atoms with Gasteiger partial charge in [-0.05, 0) is 67.9 Å². The van der Waals surface area contributed by atoms with Crippen LogP contribution in [0.25, 0.3) is 0 Å². The molecule has 12 heteroatoms. The van der Waals surface area contributed by atoms with Gasteiger partial charge in [-0.3, -0.25) is 4.79 Å². The van der Waals surface area contributed by atoms with Crippen molar-refractivity contribution in [2.45, 2.75) is 30.7 Å². The van der Waals surface area contributed by atoms with Crippen LogP contribution in [0.4, 0.5) is 8.78 Å². The van der Waals surface area contributed by atoms with E-state index in [0.717, 1.165) is 43.2 Å². The molecule has 3 rings (SSSR count). The molecule has 1 aliphatic heterocycles. The fourth-order valence-electron chi connectivity index (χ4n) is 4.32. The van der Waals surface area contributed by atoms with Crippen molar-refractivity contribution in [3.8, 4) is 5.75 Å². The Morgan fingerprint density at radius 3 is 2.49 bits per heavy atom. The van der Waals surface area contributed by atoms with Crippen molar-refractivity contribution in [3.05, 3.63) is 58.7 Å². The first-order chi connectivity index (χ1) is 17.5. The molecule has 9 nitrogen and oxygen atoms in total. The van der Waals surface area contributed by atoms with E-state index in [2.05, 4.69) is 4.72 Å². The normalized spacial score (nSPS) is 15.4. The van der Waals surface area contributed by atoms with E-state index in [4.69, 9.17) is 9.47 Å². The Labute approximate surface area is 215 Å². The van der Waals surface area contributed by atoms with E-state index in [-0.39, 0.29) is 41.3 Å². The lowest BCUT2D eigenvalue weighted by Crippen LogP contribution is -2.44. The molecule has 0 saturated carbocycles. The third kappa shape index (κ3) is 6.25. The predicted molar refractivity (Wildman–Crippen MR) is 132 cm³/mol. The van der Waals surface area contributed by atoms with Gasteiger partial charge in [-0.15, -0.1) is 0 Å². The van der Waals surface area contributed by atoms with Gasteiger partial charge >= 0.3 is 5.97 Å². The average molecular weight is 540 g/mol. The maximum absolute atomic E-state index is 13.8. The monoisotopic (exact) mass is 539 g/mol. The summed E-state index contributed by atoms with van der Waals surface area (Å²) in [5.74, 6) is -3.75. The minimum atomic E-state index is -4.05. The van der Waals surface area contributed by atoms with Crippen LogP contribution >= 0.6 is 0 Å². The molecule has 1 atom stereocenters. The number of nitrogens with zero attached hydrogens (tertiary/aromatic N) is 2. The lowest BCUT2D eigenvalue weighted by atomic mass is 9.91. The molecule has 0 saturated heterocycles. The summed E-state index contributed by atoms with van der Waals surface area (Å²) in [5.41, 5.74) is 0.692. The number of carbonyl (C=O) groups excluding carboxylic acids is 2. The quantitative estimate of drug-likeness (QED) is 0.463. The van der Waals surface area contributed by atoms with Crippen molar-refractivity contribution in [3.63, 3.8) is 0 Å². The van der Waals surface area contributed by atoms with Crippen LogP contribution < -0.4 is 9.46 Å². The molecule has 0 bridgehead atoms. The van der Waals surface area contributed by atoms with Crippen LogP contribution in [0, 0.1) is 11.6 Å². The highest BCUT2D eigenvalue weighted by molar-refractivity contribution is 7.89. The highest BCUT2D eigenvalue weighted by Crippen LogP contribution is 2.37. The number of ether oxygens (including phenoxy) is 2. The van der Waals surface area contributed by atoms with E-state index in [1.807, 2.05) is 18.9 Å². The number of likely N-dealkylation sites (N-methyl/N-ethyl adjacent to an activating group) is 1. The molecule has 0 spiro atoms. The molecule has 2 aromatic carbocycles. The van der Waals surface area contributed by atoms with E-state index in [9.17, 15) is 26.8 Å². The molecule has 37 heavy (non-hydrogen) atoms. The van der Waals surface area contributed by atoms with Gasteiger partial charge in [0.25, 0.3) is 5.91 Å². The zero-order valence-electron chi connectivity index (χ0n) is 21.2. The van der Waals surface area contributed by atoms with Gasteiger partial charge in [-0.2, -0.15) is 0 Å². The summed E-state index contributed by atoms with van der Waals surface area (Å²) in [6.45, 7) is 3.53. The number of sulfonamides is 1. The predicted octanol–water partition coefficient (Wildman–Crippen LogP) is 2.51. The van der Waals surface area contributed by atoms with Crippen LogP contribution in [-0.4, -0.2) is 77.5 Å². The van der Waals surface area contributed by atoms with Gasteiger partial charge in [0, 0.05) is 25.2 Å². The number of carbonyl (C=O) groups is 2. The number of nitrogens with one attached hydrogen (secondary N) is 1. The maximum Gasteiger partial charge on any atom is 0.333 e. The van der Waals surface area contributed by atoms with E-state index >= 15 is 0 Å². The first-order valence-electron chi connectivity index (χ1n) is 11.8. The van der Waals surface area contributed by atoms with E-state index < -0.39 is 39.6 Å². The lowest BCUT2D eigenvalue weighted by molar-refractivity contribution is -0.146. The molecular formula is C25H31F2N3O6S. The molecule has 1 aliphatic rings. The molecule has 0 fully saturated rings. The van der Waals surface area contributed by atoms with Crippen molar-refractivity contribution < 1.29 is 36.3 Å². The van der Waals surface area contributed by atoms with Crippen LogP contribution in [0.3, 0.4) is 0 Å². The SMILES string of the molecule is CCCN(C)CCNS(=O)(=O)c1cc2c(cc1OC)CCN(C(=O)c1ccc(F)c(F)c1)C2C(=O)OC. The summed E-state index contributed by atoms with van der Waals surface area (Å²) in [7, 11) is 0.322. The van der Waals surface area contributed by atoms with Crippen LogP contribution in [0.15, 0.2) is 35.2 Å². The summed E-state index contributed by atoms with van der Waals surface area (Å²) >= 11 is 0. The largest absolute Gasteiger partial charge is 0.495 e. The molecule has 2 aromatic rings. The zero-order valence-corrected chi connectivity index (χ0v) is 22.0. The van der Waals surface area contributed by atoms with Gasteiger partial charge < -0.3 is 19.3 Å². The van der Waals surface area contributed by atoms with Crippen molar-refractivity contribution in [1.29, 1.82) is 0 Å². The summed E-state index contributed by atoms with van der Waals surface area (Å²) in [6.07, 6.45) is 1.20. The lowest BCUT2D eigenvalue weighted by Gasteiger charge is -2.36. The Hall–Kier alpha value is -3.09. The third-order valence-electron chi connectivity index (χ3n) is 6.19. The number of methoxy groups -OCH3 is 2. The fourth-order valence-corrected chi connectivity index (χ4v) is 5.52. The number of benzene rings is 2. The fraction of sp³-hybridized carbons (Fsp3) is 0.440. The van der Waals surface area contributed by atoms with Crippen molar-refractivity contribution in [1.82, 2.24) is 14.5 Å². The van der Waals surface area contributed by atoms with Crippen LogP contribution in [-0.2, 0) is 26.0 Å². The van der Waals surface area contributed by atoms with Gasteiger partial charge in [-0.1, -0.05) is 6.92 Å². The first kappa shape index (κ1) is 28.5. The molecule has 0 aliphatic carbocycles. The van der Waals surface area contributed by atoms with E-state index in [1.165, 1.54) is 19.2 Å². The van der Waals surface area contributed by atoms with Gasteiger partial charge in [-0.25, -0.2) is 26.7 Å². The molecule has 1 amide bonds. The van der Waals surface area contributed by atoms with Gasteiger partial charge in [0.1, 0.15) is 10.6 Å². The molecule has 1 heterocycles. The van der Waals surface area contributed by atoms with Gasteiger partial charge in [0.05, 0.1) is 14.2 Å². The number of rotatable bonds is 10. The smallest absolute Gasteiger partial charge is 0.333 e.